The fourth-order valence-electron chi connectivity index (χ4n) is 1.59. The van der Waals surface area contributed by atoms with Gasteiger partial charge in [-0.1, -0.05) is 6.07 Å². The average Bonchev–Trinajstić information content (AvgIpc) is 2.46. The predicted octanol–water partition coefficient (Wildman–Crippen LogP) is -0.00280. The van der Waals surface area contributed by atoms with Crippen LogP contribution in [0.1, 0.15) is 0 Å². The molecule has 0 aliphatic rings. The standard InChI is InChI=1S/C9H9BFNO2/c1-12-8-4-2-3-7(11)6(8)5-9(12)10(13)14/h2-5,13-14H,1H3. The summed E-state index contributed by atoms with van der Waals surface area (Å²) in [6.07, 6.45) is 0. The van der Waals surface area contributed by atoms with Gasteiger partial charge in [-0.3, -0.25) is 0 Å². The molecule has 1 aromatic heterocycles. The van der Waals surface area contributed by atoms with Crippen molar-refractivity contribution in [3.63, 3.8) is 0 Å². The van der Waals surface area contributed by atoms with Crippen molar-refractivity contribution in [1.29, 1.82) is 0 Å². The van der Waals surface area contributed by atoms with E-state index in [-0.39, 0.29) is 11.4 Å². The van der Waals surface area contributed by atoms with Crippen molar-refractivity contribution >= 4 is 23.6 Å². The molecule has 0 unspecified atom stereocenters. The molecule has 0 saturated heterocycles. The van der Waals surface area contributed by atoms with Gasteiger partial charge in [0.05, 0.1) is 5.52 Å². The minimum atomic E-state index is -1.58. The normalized spacial score (nSPS) is 10.9. The Kier molecular flexibility index (Phi) is 2.05. The summed E-state index contributed by atoms with van der Waals surface area (Å²) in [4.78, 5) is 0. The van der Waals surface area contributed by atoms with Gasteiger partial charge in [0.1, 0.15) is 5.82 Å². The summed E-state index contributed by atoms with van der Waals surface area (Å²) < 4.78 is 14.8. The molecule has 0 spiro atoms. The van der Waals surface area contributed by atoms with Gasteiger partial charge in [0, 0.05) is 18.0 Å². The van der Waals surface area contributed by atoms with Gasteiger partial charge in [-0.2, -0.15) is 0 Å². The maximum Gasteiger partial charge on any atom is 0.505 e. The lowest BCUT2D eigenvalue weighted by atomic mass is 9.86. The number of benzene rings is 1. The van der Waals surface area contributed by atoms with E-state index in [1.54, 1.807) is 23.7 Å². The molecule has 1 aromatic carbocycles. The van der Waals surface area contributed by atoms with Gasteiger partial charge < -0.3 is 14.6 Å². The van der Waals surface area contributed by atoms with Crippen LogP contribution in [0.3, 0.4) is 0 Å². The first-order valence-corrected chi connectivity index (χ1v) is 4.21. The minimum Gasteiger partial charge on any atom is -0.422 e. The van der Waals surface area contributed by atoms with Gasteiger partial charge in [0.15, 0.2) is 0 Å². The molecule has 5 heteroatoms. The number of rotatable bonds is 1. The third kappa shape index (κ3) is 1.22. The number of halogens is 1. The van der Waals surface area contributed by atoms with E-state index < -0.39 is 7.12 Å². The van der Waals surface area contributed by atoms with E-state index in [4.69, 9.17) is 10.0 Å². The average molecular weight is 193 g/mol. The molecule has 0 saturated carbocycles. The Balaban J connectivity index is 2.80. The van der Waals surface area contributed by atoms with Crippen LogP contribution < -0.4 is 5.59 Å². The van der Waals surface area contributed by atoms with Crippen LogP contribution in [0.2, 0.25) is 0 Å². The van der Waals surface area contributed by atoms with Gasteiger partial charge in [-0.25, -0.2) is 4.39 Å². The van der Waals surface area contributed by atoms with Crippen LogP contribution in [0.4, 0.5) is 4.39 Å². The summed E-state index contributed by atoms with van der Waals surface area (Å²) in [5.74, 6) is -0.356. The fraction of sp³-hybridized carbons (Fsp3) is 0.111. The second-order valence-corrected chi connectivity index (χ2v) is 3.17. The molecule has 3 nitrogen and oxygen atoms in total. The Bertz CT molecular complexity index is 481. The predicted molar refractivity (Wildman–Crippen MR) is 52.7 cm³/mol. The first-order valence-electron chi connectivity index (χ1n) is 4.21. The van der Waals surface area contributed by atoms with E-state index in [2.05, 4.69) is 0 Å². The zero-order valence-corrected chi connectivity index (χ0v) is 7.61. The smallest absolute Gasteiger partial charge is 0.422 e. The van der Waals surface area contributed by atoms with Gasteiger partial charge >= 0.3 is 7.12 Å². The molecular formula is C9H9BFNO2. The van der Waals surface area contributed by atoms with E-state index in [1.165, 1.54) is 12.1 Å². The molecule has 0 aliphatic carbocycles. The highest BCUT2D eigenvalue weighted by Crippen LogP contribution is 2.16. The maximum atomic E-state index is 13.3. The fourth-order valence-corrected chi connectivity index (χ4v) is 1.59. The zero-order valence-electron chi connectivity index (χ0n) is 7.61. The van der Waals surface area contributed by atoms with E-state index in [1.807, 2.05) is 0 Å². The van der Waals surface area contributed by atoms with Crippen molar-refractivity contribution < 1.29 is 14.4 Å². The topological polar surface area (TPSA) is 45.4 Å². The molecule has 14 heavy (non-hydrogen) atoms. The quantitative estimate of drug-likeness (QED) is 0.626. The lowest BCUT2D eigenvalue weighted by molar-refractivity contribution is 0.423. The van der Waals surface area contributed by atoms with Gasteiger partial charge in [0.25, 0.3) is 0 Å². The molecule has 0 bridgehead atoms. The highest BCUT2D eigenvalue weighted by molar-refractivity contribution is 6.58. The van der Waals surface area contributed by atoms with Crippen LogP contribution in [-0.4, -0.2) is 21.7 Å². The Hall–Kier alpha value is -1.33. The van der Waals surface area contributed by atoms with Crippen molar-refractivity contribution in [1.82, 2.24) is 4.57 Å². The highest BCUT2D eigenvalue weighted by Gasteiger charge is 2.18. The van der Waals surface area contributed by atoms with E-state index in [0.717, 1.165) is 0 Å². The first-order chi connectivity index (χ1) is 6.61. The Morgan fingerprint density at radius 1 is 1.36 bits per heavy atom. The summed E-state index contributed by atoms with van der Waals surface area (Å²) in [6.45, 7) is 0. The van der Waals surface area contributed by atoms with Gasteiger partial charge in [-0.05, 0) is 18.2 Å². The van der Waals surface area contributed by atoms with Crippen molar-refractivity contribution in [3.05, 3.63) is 30.1 Å². The van der Waals surface area contributed by atoms with Crippen molar-refractivity contribution in [2.45, 2.75) is 0 Å². The third-order valence-corrected chi connectivity index (χ3v) is 2.34. The van der Waals surface area contributed by atoms with Gasteiger partial charge in [-0.15, -0.1) is 0 Å². The van der Waals surface area contributed by atoms with Crippen molar-refractivity contribution in [2.75, 3.05) is 0 Å². The summed E-state index contributed by atoms with van der Waals surface area (Å²) in [7, 11) is 0.0862. The van der Waals surface area contributed by atoms with Crippen LogP contribution in [0.15, 0.2) is 24.3 Å². The van der Waals surface area contributed by atoms with Crippen molar-refractivity contribution in [2.24, 2.45) is 7.05 Å². The molecule has 0 aliphatic heterocycles. The zero-order chi connectivity index (χ0) is 10.3. The van der Waals surface area contributed by atoms with Crippen LogP contribution in [-0.2, 0) is 7.05 Å². The molecule has 2 rings (SSSR count). The summed E-state index contributed by atoms with van der Waals surface area (Å²) in [5.41, 5.74) is 0.929. The Morgan fingerprint density at radius 3 is 2.64 bits per heavy atom. The van der Waals surface area contributed by atoms with Crippen LogP contribution in [0.25, 0.3) is 10.9 Å². The second-order valence-electron chi connectivity index (χ2n) is 3.17. The van der Waals surface area contributed by atoms with Crippen LogP contribution in [0, 0.1) is 5.82 Å². The van der Waals surface area contributed by atoms with E-state index >= 15 is 0 Å². The Morgan fingerprint density at radius 2 is 2.07 bits per heavy atom. The molecule has 1 heterocycles. The lowest BCUT2D eigenvalue weighted by Crippen LogP contribution is -2.34. The van der Waals surface area contributed by atoms with Gasteiger partial charge in [0.2, 0.25) is 0 Å². The summed E-state index contributed by atoms with van der Waals surface area (Å²) >= 11 is 0. The van der Waals surface area contributed by atoms with Crippen LogP contribution >= 0.6 is 0 Å². The Labute approximate surface area is 80.5 Å². The number of hydrogen-bond donors (Lipinski definition) is 2. The summed E-state index contributed by atoms with van der Waals surface area (Å²) in [5, 5.41) is 18.4. The summed E-state index contributed by atoms with van der Waals surface area (Å²) in [6, 6.07) is 6.10. The number of hydrogen-bond acceptors (Lipinski definition) is 2. The largest absolute Gasteiger partial charge is 0.505 e. The minimum absolute atomic E-state index is 0.283. The third-order valence-electron chi connectivity index (χ3n) is 2.34. The lowest BCUT2D eigenvalue weighted by Gasteiger charge is -2.01. The highest BCUT2D eigenvalue weighted by atomic mass is 19.1. The molecule has 2 N–H and O–H groups in total. The molecular weight excluding hydrogens is 184 g/mol. The van der Waals surface area contributed by atoms with Crippen molar-refractivity contribution in [3.8, 4) is 0 Å². The number of nitrogens with zero attached hydrogens (tertiary/aromatic N) is 1. The first kappa shape index (κ1) is 9.24. The molecule has 0 radical (unpaired) electrons. The SMILES string of the molecule is Cn1c(B(O)O)cc2c(F)cccc21. The number of aryl methyl sites for hydroxylation is 1. The maximum absolute atomic E-state index is 13.3. The molecule has 0 atom stereocenters. The number of aromatic nitrogens is 1. The second kappa shape index (κ2) is 3.11. The molecule has 2 aromatic rings. The van der Waals surface area contributed by atoms with E-state index in [9.17, 15) is 4.39 Å². The molecule has 0 amide bonds. The molecule has 0 fully saturated rings. The van der Waals surface area contributed by atoms with E-state index in [0.29, 0.717) is 10.9 Å². The number of fused-ring (bicyclic) bond motifs is 1. The molecule has 72 valence electrons. The monoisotopic (exact) mass is 193 g/mol. The van der Waals surface area contributed by atoms with Crippen LogP contribution in [0.5, 0.6) is 0 Å².